The lowest BCUT2D eigenvalue weighted by Gasteiger charge is -2.34. The maximum absolute atomic E-state index is 12.4. The highest BCUT2D eigenvalue weighted by Gasteiger charge is 2.34. The number of halogens is 1. The number of nitrogens with one attached hydrogen (secondary N) is 1. The molecule has 1 aliphatic rings. The molecule has 0 atom stereocenters. The number of nitrogens with zero attached hydrogens (tertiary/aromatic N) is 2. The van der Waals surface area contributed by atoms with Crippen molar-refractivity contribution in [3.8, 4) is 0 Å². The van der Waals surface area contributed by atoms with Gasteiger partial charge in [-0.05, 0) is 25.8 Å². The second-order valence-corrected chi connectivity index (χ2v) is 7.39. The van der Waals surface area contributed by atoms with Gasteiger partial charge in [-0.3, -0.25) is 0 Å². The van der Waals surface area contributed by atoms with Crippen molar-refractivity contribution in [2.75, 3.05) is 18.5 Å². The SMILES string of the molecule is CC1(O)CCN(S(=O)(=O)c2cnc(NN)c(Cl)c2)CC1. The van der Waals surface area contributed by atoms with Crippen LogP contribution in [0.2, 0.25) is 5.02 Å². The normalized spacial score (nSPS) is 19.8. The van der Waals surface area contributed by atoms with E-state index in [-0.39, 0.29) is 28.8 Å². The van der Waals surface area contributed by atoms with Crippen molar-refractivity contribution in [3.63, 3.8) is 0 Å². The van der Waals surface area contributed by atoms with Crippen LogP contribution >= 0.6 is 11.6 Å². The number of anilines is 1. The molecular weight excluding hydrogens is 304 g/mol. The van der Waals surface area contributed by atoms with Crippen molar-refractivity contribution in [2.24, 2.45) is 5.84 Å². The van der Waals surface area contributed by atoms with Gasteiger partial charge in [0.15, 0.2) is 5.82 Å². The first-order chi connectivity index (χ1) is 9.26. The fourth-order valence-corrected chi connectivity index (χ4v) is 3.72. The number of piperidine rings is 1. The molecule has 0 aliphatic carbocycles. The van der Waals surface area contributed by atoms with Crippen molar-refractivity contribution in [1.29, 1.82) is 0 Å². The molecule has 20 heavy (non-hydrogen) atoms. The Bertz CT molecular complexity index is 596. The summed E-state index contributed by atoms with van der Waals surface area (Å²) in [5.41, 5.74) is 1.47. The summed E-state index contributed by atoms with van der Waals surface area (Å²) in [7, 11) is -3.65. The molecule has 0 bridgehead atoms. The first kappa shape index (κ1) is 15.5. The first-order valence-corrected chi connectivity index (χ1v) is 7.93. The highest BCUT2D eigenvalue weighted by molar-refractivity contribution is 7.89. The third-order valence-electron chi connectivity index (χ3n) is 3.39. The van der Waals surface area contributed by atoms with Crippen molar-refractivity contribution in [2.45, 2.75) is 30.3 Å². The van der Waals surface area contributed by atoms with Gasteiger partial charge in [-0.15, -0.1) is 0 Å². The van der Waals surface area contributed by atoms with Gasteiger partial charge in [0, 0.05) is 19.3 Å². The predicted octanol–water partition coefficient (Wildman–Crippen LogP) is 0.556. The van der Waals surface area contributed by atoms with Crippen LogP contribution in [0.15, 0.2) is 17.2 Å². The second-order valence-electron chi connectivity index (χ2n) is 5.05. The van der Waals surface area contributed by atoms with E-state index in [2.05, 4.69) is 10.4 Å². The topological polar surface area (TPSA) is 109 Å². The largest absolute Gasteiger partial charge is 0.390 e. The number of rotatable bonds is 3. The molecule has 0 saturated carbocycles. The monoisotopic (exact) mass is 320 g/mol. The molecule has 112 valence electrons. The number of sulfonamides is 1. The molecule has 1 aromatic heterocycles. The number of nitrogens with two attached hydrogens (primary N) is 1. The Hall–Kier alpha value is -0.930. The van der Waals surface area contributed by atoms with Gasteiger partial charge in [0.2, 0.25) is 10.0 Å². The van der Waals surface area contributed by atoms with E-state index >= 15 is 0 Å². The van der Waals surface area contributed by atoms with Crippen LogP contribution in [0.5, 0.6) is 0 Å². The Balaban J connectivity index is 2.25. The maximum Gasteiger partial charge on any atom is 0.244 e. The van der Waals surface area contributed by atoms with Gasteiger partial charge in [-0.2, -0.15) is 4.31 Å². The van der Waals surface area contributed by atoms with Gasteiger partial charge >= 0.3 is 0 Å². The minimum absolute atomic E-state index is 0.0167. The third-order valence-corrected chi connectivity index (χ3v) is 5.54. The van der Waals surface area contributed by atoms with Gasteiger partial charge in [0.1, 0.15) is 4.90 Å². The van der Waals surface area contributed by atoms with Crippen LogP contribution in [-0.2, 0) is 10.0 Å². The van der Waals surface area contributed by atoms with Gasteiger partial charge < -0.3 is 10.5 Å². The molecule has 0 radical (unpaired) electrons. The van der Waals surface area contributed by atoms with Crippen LogP contribution in [0.3, 0.4) is 0 Å². The van der Waals surface area contributed by atoms with Gasteiger partial charge in [0.25, 0.3) is 0 Å². The van der Waals surface area contributed by atoms with E-state index in [1.807, 2.05) is 0 Å². The summed E-state index contributed by atoms with van der Waals surface area (Å²) >= 11 is 5.89. The van der Waals surface area contributed by atoms with E-state index in [0.717, 1.165) is 0 Å². The van der Waals surface area contributed by atoms with E-state index in [1.165, 1.54) is 16.6 Å². The molecule has 7 nitrogen and oxygen atoms in total. The number of hydrazine groups is 1. The van der Waals surface area contributed by atoms with Crippen LogP contribution in [-0.4, -0.2) is 41.5 Å². The highest BCUT2D eigenvalue weighted by Crippen LogP contribution is 2.28. The van der Waals surface area contributed by atoms with Crippen LogP contribution in [0, 0.1) is 0 Å². The fraction of sp³-hybridized carbons (Fsp3) is 0.545. The molecule has 0 amide bonds. The Morgan fingerprint density at radius 2 is 2.10 bits per heavy atom. The summed E-state index contributed by atoms with van der Waals surface area (Å²) in [6.45, 7) is 2.24. The Morgan fingerprint density at radius 3 is 2.60 bits per heavy atom. The van der Waals surface area contributed by atoms with Crippen LogP contribution < -0.4 is 11.3 Å². The maximum atomic E-state index is 12.4. The molecule has 1 aromatic rings. The smallest absolute Gasteiger partial charge is 0.244 e. The molecule has 9 heteroatoms. The van der Waals surface area contributed by atoms with E-state index in [9.17, 15) is 13.5 Å². The number of aliphatic hydroxyl groups is 1. The molecule has 1 aliphatic heterocycles. The molecule has 1 saturated heterocycles. The van der Waals surface area contributed by atoms with Crippen molar-refractivity contribution >= 4 is 27.4 Å². The van der Waals surface area contributed by atoms with E-state index < -0.39 is 15.6 Å². The molecule has 2 rings (SSSR count). The quantitative estimate of drug-likeness (QED) is 0.554. The summed E-state index contributed by atoms with van der Waals surface area (Å²) in [5.74, 6) is 5.41. The van der Waals surface area contributed by atoms with Crippen LogP contribution in [0.25, 0.3) is 0 Å². The van der Waals surface area contributed by atoms with Crippen LogP contribution in [0.1, 0.15) is 19.8 Å². The zero-order chi connectivity index (χ0) is 15.0. The van der Waals surface area contributed by atoms with E-state index in [0.29, 0.717) is 12.8 Å². The summed E-state index contributed by atoms with van der Waals surface area (Å²) in [4.78, 5) is 3.88. The molecule has 0 aromatic carbocycles. The highest BCUT2D eigenvalue weighted by atomic mass is 35.5. The molecule has 1 fully saturated rings. The summed E-state index contributed by atoms with van der Waals surface area (Å²) in [6, 6.07) is 1.31. The number of nitrogen functional groups attached to an aromatic ring is 1. The molecule has 0 spiro atoms. The Morgan fingerprint density at radius 1 is 1.50 bits per heavy atom. The molecule has 4 N–H and O–H groups in total. The van der Waals surface area contributed by atoms with Crippen LogP contribution in [0.4, 0.5) is 5.82 Å². The van der Waals surface area contributed by atoms with Crippen molar-refractivity contribution in [1.82, 2.24) is 9.29 Å². The van der Waals surface area contributed by atoms with Crippen molar-refractivity contribution in [3.05, 3.63) is 17.3 Å². The zero-order valence-corrected chi connectivity index (χ0v) is 12.6. The Kier molecular flexibility index (Phi) is 4.22. The molecular formula is C11H17ClN4O3S. The number of pyridine rings is 1. The second kappa shape index (κ2) is 5.45. The van der Waals surface area contributed by atoms with Crippen molar-refractivity contribution < 1.29 is 13.5 Å². The number of hydrogen-bond acceptors (Lipinski definition) is 6. The average Bonchev–Trinajstić information content (AvgIpc) is 2.38. The van der Waals surface area contributed by atoms with E-state index in [1.54, 1.807) is 6.92 Å². The Labute approximate surface area is 122 Å². The van der Waals surface area contributed by atoms with Gasteiger partial charge in [-0.1, -0.05) is 11.6 Å². The summed E-state index contributed by atoms with van der Waals surface area (Å²) in [6.07, 6.45) is 2.01. The number of aromatic nitrogens is 1. The summed E-state index contributed by atoms with van der Waals surface area (Å²) in [5, 5.41) is 10.0. The van der Waals surface area contributed by atoms with Gasteiger partial charge in [-0.25, -0.2) is 19.2 Å². The third kappa shape index (κ3) is 3.04. The minimum atomic E-state index is -3.65. The minimum Gasteiger partial charge on any atom is -0.390 e. The number of hydrogen-bond donors (Lipinski definition) is 3. The van der Waals surface area contributed by atoms with Gasteiger partial charge in [0.05, 0.1) is 10.6 Å². The first-order valence-electron chi connectivity index (χ1n) is 6.11. The fourth-order valence-electron chi connectivity index (χ4n) is 2.02. The van der Waals surface area contributed by atoms with E-state index in [4.69, 9.17) is 17.4 Å². The lowest BCUT2D eigenvalue weighted by atomic mass is 9.95. The lowest BCUT2D eigenvalue weighted by Crippen LogP contribution is -2.45. The predicted molar refractivity (Wildman–Crippen MR) is 75.7 cm³/mol. The zero-order valence-electron chi connectivity index (χ0n) is 11.0. The average molecular weight is 321 g/mol. The standard InChI is InChI=1S/C11H17ClN4O3S/c1-11(17)2-4-16(5-3-11)20(18,19)8-6-9(12)10(15-13)14-7-8/h6-7,17H,2-5,13H2,1H3,(H,14,15). The lowest BCUT2D eigenvalue weighted by molar-refractivity contribution is 0.0126. The summed E-state index contributed by atoms with van der Waals surface area (Å²) < 4.78 is 26.2. The molecule has 2 heterocycles. The molecule has 0 unspecified atom stereocenters.